The Bertz CT molecular complexity index is 711. The minimum absolute atomic E-state index is 0.816. The van der Waals surface area contributed by atoms with Gasteiger partial charge in [0.2, 0.25) is 0 Å². The molecule has 0 aliphatic carbocycles. The molecule has 1 heterocycles. The zero-order valence-electron chi connectivity index (χ0n) is 11.3. The lowest BCUT2D eigenvalue weighted by Gasteiger charge is -2.10. The third-order valence-electron chi connectivity index (χ3n) is 3.06. The fourth-order valence-electron chi connectivity index (χ4n) is 2.16. The Balaban J connectivity index is 1.99. The number of benzene rings is 2. The van der Waals surface area contributed by atoms with Crippen LogP contribution < -0.4 is 10.1 Å². The van der Waals surface area contributed by atoms with Crippen molar-refractivity contribution in [3.05, 3.63) is 60.8 Å². The third-order valence-corrected chi connectivity index (χ3v) is 3.06. The van der Waals surface area contributed by atoms with Gasteiger partial charge >= 0.3 is 0 Å². The lowest BCUT2D eigenvalue weighted by atomic mass is 10.1. The van der Waals surface area contributed by atoms with Crippen LogP contribution in [0.5, 0.6) is 11.5 Å². The number of pyridine rings is 1. The lowest BCUT2D eigenvalue weighted by Crippen LogP contribution is -1.97. The summed E-state index contributed by atoms with van der Waals surface area (Å²) in [5.74, 6) is 1.65. The molecule has 0 bridgehead atoms. The van der Waals surface area contributed by atoms with Crippen molar-refractivity contribution >= 4 is 16.6 Å². The van der Waals surface area contributed by atoms with Crippen molar-refractivity contribution in [2.75, 3.05) is 11.9 Å². The molecule has 2 aromatic carbocycles. The van der Waals surface area contributed by atoms with Gasteiger partial charge in [0.05, 0.1) is 5.52 Å². The van der Waals surface area contributed by atoms with Crippen LogP contribution in [0.15, 0.2) is 60.8 Å². The van der Waals surface area contributed by atoms with Crippen molar-refractivity contribution in [2.24, 2.45) is 0 Å². The highest BCUT2D eigenvalue weighted by Gasteiger charge is 2.04. The van der Waals surface area contributed by atoms with E-state index in [0.29, 0.717) is 0 Å². The summed E-state index contributed by atoms with van der Waals surface area (Å²) in [5.41, 5.74) is 2.04. The Morgan fingerprint density at radius 3 is 2.65 bits per heavy atom. The molecule has 1 aromatic heterocycles. The van der Waals surface area contributed by atoms with Crippen LogP contribution in [0.1, 0.15) is 6.92 Å². The third kappa shape index (κ3) is 2.57. The molecule has 3 nitrogen and oxygen atoms in total. The van der Waals surface area contributed by atoms with Crippen molar-refractivity contribution in [3.63, 3.8) is 0 Å². The number of nitrogens with zero attached hydrogens (tertiary/aromatic N) is 1. The highest BCUT2D eigenvalue weighted by molar-refractivity contribution is 5.92. The Labute approximate surface area is 118 Å². The molecule has 20 heavy (non-hydrogen) atoms. The van der Waals surface area contributed by atoms with E-state index in [1.165, 1.54) is 0 Å². The first-order valence-corrected chi connectivity index (χ1v) is 6.72. The highest BCUT2D eigenvalue weighted by atomic mass is 16.5. The van der Waals surface area contributed by atoms with E-state index < -0.39 is 0 Å². The van der Waals surface area contributed by atoms with Crippen LogP contribution in [0.2, 0.25) is 0 Å². The summed E-state index contributed by atoms with van der Waals surface area (Å²) in [7, 11) is 0. The highest BCUT2D eigenvalue weighted by Crippen LogP contribution is 2.28. The molecule has 3 aromatic rings. The van der Waals surface area contributed by atoms with Gasteiger partial charge in [0.15, 0.2) is 0 Å². The Hall–Kier alpha value is -2.55. The maximum atomic E-state index is 5.86. The Morgan fingerprint density at radius 2 is 1.85 bits per heavy atom. The van der Waals surface area contributed by atoms with Gasteiger partial charge in [-0.15, -0.1) is 0 Å². The quantitative estimate of drug-likeness (QED) is 0.755. The lowest BCUT2D eigenvalue weighted by molar-refractivity contribution is 0.483. The van der Waals surface area contributed by atoms with Crippen LogP contribution in [-0.2, 0) is 0 Å². The van der Waals surface area contributed by atoms with Crippen LogP contribution in [0.4, 0.5) is 5.69 Å². The van der Waals surface area contributed by atoms with Gasteiger partial charge in [-0.25, -0.2) is 0 Å². The minimum atomic E-state index is 0.816. The van der Waals surface area contributed by atoms with Gasteiger partial charge in [0.25, 0.3) is 0 Å². The molecule has 0 aliphatic rings. The van der Waals surface area contributed by atoms with Crippen molar-refractivity contribution in [1.82, 2.24) is 4.98 Å². The minimum Gasteiger partial charge on any atom is -0.457 e. The van der Waals surface area contributed by atoms with Crippen LogP contribution in [0.25, 0.3) is 10.9 Å². The van der Waals surface area contributed by atoms with Gasteiger partial charge < -0.3 is 10.1 Å². The summed E-state index contributed by atoms with van der Waals surface area (Å²) < 4.78 is 5.86. The molecule has 3 rings (SSSR count). The molecular formula is C17H16N2O. The molecule has 0 saturated carbocycles. The number of ether oxygens (including phenoxy) is 1. The molecule has 0 spiro atoms. The van der Waals surface area contributed by atoms with E-state index in [4.69, 9.17) is 4.74 Å². The maximum Gasteiger partial charge on any atom is 0.128 e. The molecule has 0 fully saturated rings. The fourth-order valence-corrected chi connectivity index (χ4v) is 2.16. The molecule has 0 saturated heterocycles. The molecule has 0 unspecified atom stereocenters. The van der Waals surface area contributed by atoms with Gasteiger partial charge in [0, 0.05) is 23.8 Å². The van der Waals surface area contributed by atoms with Crippen LogP contribution >= 0.6 is 0 Å². The first-order valence-electron chi connectivity index (χ1n) is 6.72. The van der Waals surface area contributed by atoms with Crippen LogP contribution in [0.3, 0.4) is 0 Å². The van der Waals surface area contributed by atoms with Gasteiger partial charge in [-0.05, 0) is 43.3 Å². The van der Waals surface area contributed by atoms with Crippen molar-refractivity contribution in [3.8, 4) is 11.5 Å². The average molecular weight is 264 g/mol. The van der Waals surface area contributed by atoms with E-state index in [2.05, 4.69) is 17.2 Å². The van der Waals surface area contributed by atoms with E-state index >= 15 is 0 Å². The number of aromatic nitrogens is 1. The van der Waals surface area contributed by atoms with E-state index in [1.807, 2.05) is 60.8 Å². The van der Waals surface area contributed by atoms with E-state index in [1.54, 1.807) is 0 Å². The zero-order valence-corrected chi connectivity index (χ0v) is 11.3. The first kappa shape index (κ1) is 12.5. The molecule has 100 valence electrons. The standard InChI is InChI=1S/C17H16N2O/c1-2-18-17-10-11-19-16-9-8-14(12-15(16)17)20-13-6-4-3-5-7-13/h3-12H,2H2,1H3,(H,18,19). The second kappa shape index (κ2) is 5.61. The normalized spacial score (nSPS) is 10.4. The number of para-hydroxylation sites is 1. The largest absolute Gasteiger partial charge is 0.457 e. The van der Waals surface area contributed by atoms with Crippen LogP contribution in [0, 0.1) is 0 Å². The Kier molecular flexibility index (Phi) is 3.50. The van der Waals surface area contributed by atoms with Crippen molar-refractivity contribution < 1.29 is 4.74 Å². The zero-order chi connectivity index (χ0) is 13.8. The van der Waals surface area contributed by atoms with E-state index in [-0.39, 0.29) is 0 Å². The number of fused-ring (bicyclic) bond motifs is 1. The molecule has 0 aliphatic heterocycles. The first-order chi connectivity index (χ1) is 9.86. The smallest absolute Gasteiger partial charge is 0.128 e. The molecule has 3 heteroatoms. The van der Waals surface area contributed by atoms with Gasteiger partial charge in [0.1, 0.15) is 11.5 Å². The topological polar surface area (TPSA) is 34.2 Å². The molecule has 0 atom stereocenters. The number of nitrogens with one attached hydrogen (secondary N) is 1. The summed E-state index contributed by atoms with van der Waals surface area (Å²) in [6, 6.07) is 17.7. The van der Waals surface area contributed by atoms with Crippen molar-refractivity contribution in [1.29, 1.82) is 0 Å². The molecule has 1 N–H and O–H groups in total. The molecule has 0 radical (unpaired) electrons. The van der Waals surface area contributed by atoms with E-state index in [0.717, 1.165) is 34.6 Å². The second-order valence-corrected chi connectivity index (χ2v) is 4.48. The average Bonchev–Trinajstić information content (AvgIpc) is 2.49. The number of hydrogen-bond acceptors (Lipinski definition) is 3. The maximum absolute atomic E-state index is 5.86. The number of rotatable bonds is 4. The predicted octanol–water partition coefficient (Wildman–Crippen LogP) is 4.46. The summed E-state index contributed by atoms with van der Waals surface area (Å²) >= 11 is 0. The summed E-state index contributed by atoms with van der Waals surface area (Å²) in [6.07, 6.45) is 1.82. The van der Waals surface area contributed by atoms with E-state index in [9.17, 15) is 0 Å². The van der Waals surface area contributed by atoms with Gasteiger partial charge in [-0.3, -0.25) is 4.98 Å². The summed E-state index contributed by atoms with van der Waals surface area (Å²) in [6.45, 7) is 2.96. The second-order valence-electron chi connectivity index (χ2n) is 4.48. The molecule has 0 amide bonds. The Morgan fingerprint density at radius 1 is 1.00 bits per heavy atom. The summed E-state index contributed by atoms with van der Waals surface area (Å²) in [5, 5.41) is 4.42. The van der Waals surface area contributed by atoms with Gasteiger partial charge in [-0.2, -0.15) is 0 Å². The fraction of sp³-hybridized carbons (Fsp3) is 0.118. The number of hydrogen-bond donors (Lipinski definition) is 1. The number of anilines is 1. The van der Waals surface area contributed by atoms with Crippen molar-refractivity contribution in [2.45, 2.75) is 6.92 Å². The van der Waals surface area contributed by atoms with Gasteiger partial charge in [-0.1, -0.05) is 18.2 Å². The molecular weight excluding hydrogens is 248 g/mol. The SMILES string of the molecule is CCNc1ccnc2ccc(Oc3ccccc3)cc12. The monoisotopic (exact) mass is 264 g/mol. The predicted molar refractivity (Wildman–Crippen MR) is 82.4 cm³/mol. The van der Waals surface area contributed by atoms with Crippen LogP contribution in [-0.4, -0.2) is 11.5 Å². The summed E-state index contributed by atoms with van der Waals surface area (Å²) in [4.78, 5) is 4.38.